The van der Waals surface area contributed by atoms with Crippen molar-refractivity contribution < 1.29 is 9.59 Å². The van der Waals surface area contributed by atoms with Crippen molar-refractivity contribution in [3.8, 4) is 0 Å². The second-order valence-electron chi connectivity index (χ2n) is 4.91. The summed E-state index contributed by atoms with van der Waals surface area (Å²) in [5.74, 6) is 0.130. The van der Waals surface area contributed by atoms with Crippen LogP contribution in [0, 0.1) is 0 Å². The summed E-state index contributed by atoms with van der Waals surface area (Å²) in [6, 6.07) is 0. The molecule has 0 aliphatic rings. The second kappa shape index (κ2) is 16.4. The third-order valence-electron chi connectivity index (χ3n) is 2.89. The minimum Gasteiger partial charge on any atom is -0.290 e. The monoisotopic (exact) mass is 352 g/mol. The number of rotatable bonds is 14. The Hall–Kier alpha value is -0.0100. The van der Waals surface area contributed by atoms with Gasteiger partial charge in [0.1, 0.15) is 0 Å². The molecule has 0 aromatic carbocycles. The molecule has 0 aliphatic heterocycles. The van der Waals surface area contributed by atoms with Crippen LogP contribution in [0.4, 0.5) is 0 Å². The van der Waals surface area contributed by atoms with Gasteiger partial charge >= 0.3 is 0 Å². The largest absolute Gasteiger partial charge is 0.290 e. The lowest BCUT2D eigenvalue weighted by atomic mass is 10.1. The molecule has 2 N–H and O–H groups in total. The summed E-state index contributed by atoms with van der Waals surface area (Å²) in [7, 11) is 3.90. The van der Waals surface area contributed by atoms with E-state index in [1.165, 1.54) is 57.5 Å². The van der Waals surface area contributed by atoms with Crippen molar-refractivity contribution in [2.45, 2.75) is 78.1 Å². The zero-order valence-corrected chi connectivity index (χ0v) is 15.6. The Morgan fingerprint density at radius 1 is 0.714 bits per heavy atom. The second-order valence-corrected chi connectivity index (χ2v) is 8.42. The fourth-order valence-electron chi connectivity index (χ4n) is 1.67. The van der Waals surface area contributed by atoms with Crippen LogP contribution in [0.15, 0.2) is 0 Å². The predicted molar refractivity (Wildman–Crippen MR) is 96.6 cm³/mol. The number of hydrogen-bond donors (Lipinski definition) is 2. The van der Waals surface area contributed by atoms with E-state index in [2.05, 4.69) is 23.3 Å². The average molecular weight is 353 g/mol. The number of carbonyl (C=O) groups is 2. The van der Waals surface area contributed by atoms with Crippen molar-refractivity contribution in [1.29, 1.82) is 0 Å². The maximum atomic E-state index is 11.5. The predicted octanol–water partition coefficient (Wildman–Crippen LogP) is 5.02. The molecule has 0 aliphatic carbocycles. The number of unbranched alkanes of at least 4 members (excludes halogenated alkanes) is 6. The maximum Gasteiger partial charge on any atom is 0.230 e. The van der Waals surface area contributed by atoms with E-state index in [9.17, 15) is 9.59 Å². The van der Waals surface area contributed by atoms with E-state index in [1.807, 2.05) is 0 Å². The molecule has 0 saturated heterocycles. The van der Waals surface area contributed by atoms with Gasteiger partial charge in [-0.1, -0.05) is 52.4 Å². The summed E-state index contributed by atoms with van der Waals surface area (Å²) in [5, 5.41) is 0. The highest BCUT2D eigenvalue weighted by molar-refractivity contribution is 9.08. The lowest BCUT2D eigenvalue weighted by Crippen LogP contribution is -2.15. The minimum atomic E-state index is 0.0649. The third-order valence-corrected chi connectivity index (χ3v) is 5.78. The van der Waals surface area contributed by atoms with E-state index in [0.717, 1.165) is 25.7 Å². The average Bonchev–Trinajstić information content (AvgIpc) is 2.48. The molecule has 2 amide bonds. The van der Waals surface area contributed by atoms with E-state index >= 15 is 0 Å². The highest BCUT2D eigenvalue weighted by atomic mass is 33.5. The summed E-state index contributed by atoms with van der Waals surface area (Å²) in [4.78, 5) is 22.9. The summed E-state index contributed by atoms with van der Waals surface area (Å²) in [6.45, 7) is 4.31. The van der Waals surface area contributed by atoms with E-state index in [0.29, 0.717) is 12.8 Å². The zero-order chi connectivity index (χ0) is 15.8. The van der Waals surface area contributed by atoms with Crippen LogP contribution < -0.4 is 9.44 Å². The number of amides is 2. The van der Waals surface area contributed by atoms with Gasteiger partial charge in [0.15, 0.2) is 0 Å². The van der Waals surface area contributed by atoms with Gasteiger partial charge in [-0.2, -0.15) is 0 Å². The lowest BCUT2D eigenvalue weighted by Gasteiger charge is -2.04. The van der Waals surface area contributed by atoms with Crippen molar-refractivity contribution >= 4 is 43.6 Å². The molecule has 0 aromatic heterocycles. The zero-order valence-electron chi connectivity index (χ0n) is 13.1. The summed E-state index contributed by atoms with van der Waals surface area (Å²) in [5.41, 5.74) is 0. The van der Waals surface area contributed by atoms with Crippen LogP contribution in [-0.4, -0.2) is 11.8 Å². The van der Waals surface area contributed by atoms with Gasteiger partial charge < -0.3 is 0 Å². The first-order valence-corrected chi connectivity index (χ1v) is 11.3. The van der Waals surface area contributed by atoms with Crippen molar-refractivity contribution in [3.63, 3.8) is 0 Å². The van der Waals surface area contributed by atoms with Crippen LogP contribution in [0.3, 0.4) is 0 Å². The molecule has 0 rings (SSSR count). The molecular formula is C14H28N2O2S3. The first-order valence-electron chi connectivity index (χ1n) is 7.77. The molecule has 0 atom stereocenters. The molecule has 0 radical (unpaired) electrons. The Morgan fingerprint density at radius 3 is 1.52 bits per heavy atom. The minimum absolute atomic E-state index is 0.0649. The Labute approximate surface area is 140 Å². The molecule has 0 bridgehead atoms. The fraction of sp³-hybridized carbons (Fsp3) is 0.857. The molecule has 21 heavy (non-hydrogen) atoms. The van der Waals surface area contributed by atoms with Crippen LogP contribution in [0.5, 0.6) is 0 Å². The SMILES string of the molecule is CCCCCCC(=O)NSSSNC(=O)CCCCCC. The summed E-state index contributed by atoms with van der Waals surface area (Å²) >= 11 is 0. The number of hydrogen-bond acceptors (Lipinski definition) is 5. The molecule has 0 aromatic rings. The summed E-state index contributed by atoms with van der Waals surface area (Å²) < 4.78 is 5.52. The highest BCUT2D eigenvalue weighted by Crippen LogP contribution is 2.29. The molecule has 0 saturated carbocycles. The van der Waals surface area contributed by atoms with E-state index in [-0.39, 0.29) is 11.8 Å². The van der Waals surface area contributed by atoms with Crippen LogP contribution >= 0.6 is 31.8 Å². The van der Waals surface area contributed by atoms with Crippen molar-refractivity contribution in [3.05, 3.63) is 0 Å². The lowest BCUT2D eigenvalue weighted by molar-refractivity contribution is -0.120. The van der Waals surface area contributed by atoms with Gasteiger partial charge in [0.25, 0.3) is 0 Å². The molecular weight excluding hydrogens is 324 g/mol. The normalized spacial score (nSPS) is 10.4. The van der Waals surface area contributed by atoms with E-state index in [1.54, 1.807) is 0 Å². The van der Waals surface area contributed by atoms with Gasteiger partial charge in [0.2, 0.25) is 11.8 Å². The molecule has 0 heterocycles. The van der Waals surface area contributed by atoms with Crippen LogP contribution in [0.1, 0.15) is 78.1 Å². The third kappa shape index (κ3) is 16.2. The van der Waals surface area contributed by atoms with Crippen molar-refractivity contribution in [2.24, 2.45) is 0 Å². The van der Waals surface area contributed by atoms with Gasteiger partial charge in [-0.15, -0.1) is 0 Å². The van der Waals surface area contributed by atoms with Crippen LogP contribution in [0.25, 0.3) is 0 Å². The summed E-state index contributed by atoms with van der Waals surface area (Å²) in [6.07, 6.45) is 10.0. The van der Waals surface area contributed by atoms with E-state index < -0.39 is 0 Å². The van der Waals surface area contributed by atoms with Gasteiger partial charge in [0.05, 0.1) is 0 Å². The fourth-order valence-corrected chi connectivity index (χ4v) is 3.95. The molecule has 0 fully saturated rings. The van der Waals surface area contributed by atoms with Crippen molar-refractivity contribution in [2.75, 3.05) is 0 Å². The van der Waals surface area contributed by atoms with E-state index in [4.69, 9.17) is 0 Å². The molecule has 0 unspecified atom stereocenters. The Balaban J connectivity index is 3.30. The quantitative estimate of drug-likeness (QED) is 0.261. The van der Waals surface area contributed by atoms with Gasteiger partial charge in [0, 0.05) is 44.6 Å². The van der Waals surface area contributed by atoms with Gasteiger partial charge in [-0.25, -0.2) is 0 Å². The number of carbonyl (C=O) groups excluding carboxylic acids is 2. The number of nitrogens with one attached hydrogen (secondary N) is 2. The van der Waals surface area contributed by atoms with Crippen LogP contribution in [-0.2, 0) is 9.59 Å². The van der Waals surface area contributed by atoms with Crippen molar-refractivity contribution in [1.82, 2.24) is 9.44 Å². The standard InChI is InChI=1S/C14H28N2O2S3/c1-3-5-7-9-11-13(17)15-19-21-20-16-14(18)12-10-8-6-4-2/h3-12H2,1-2H3,(H,15,17)(H,16,18). The molecule has 124 valence electrons. The smallest absolute Gasteiger partial charge is 0.230 e. The first kappa shape index (κ1) is 21.0. The van der Waals surface area contributed by atoms with Gasteiger partial charge in [-0.3, -0.25) is 19.0 Å². The Kier molecular flexibility index (Phi) is 16.4. The van der Waals surface area contributed by atoms with Gasteiger partial charge in [-0.05, 0) is 12.8 Å². The highest BCUT2D eigenvalue weighted by Gasteiger charge is 2.03. The van der Waals surface area contributed by atoms with Crippen LogP contribution in [0.2, 0.25) is 0 Å². The topological polar surface area (TPSA) is 58.2 Å². The molecule has 4 nitrogen and oxygen atoms in total. The Morgan fingerprint density at radius 2 is 1.14 bits per heavy atom. The first-order chi connectivity index (χ1) is 10.2. The molecule has 0 spiro atoms. The molecule has 7 heteroatoms. The Bertz CT molecular complexity index is 253. The maximum absolute atomic E-state index is 11.5.